The van der Waals surface area contributed by atoms with Gasteiger partial charge in [0.05, 0.1) is 11.4 Å². The number of ether oxygens (including phenoxy) is 1. The van der Waals surface area contributed by atoms with Crippen LogP contribution >= 0.6 is 11.6 Å². The zero-order valence-corrected chi connectivity index (χ0v) is 15.2. The van der Waals surface area contributed by atoms with E-state index in [2.05, 4.69) is 5.32 Å². The molecule has 2 rings (SSSR count). The van der Waals surface area contributed by atoms with Gasteiger partial charge < -0.3 is 10.1 Å². The maximum Gasteiger partial charge on any atom is 0.251 e. The predicted octanol–water partition coefficient (Wildman–Crippen LogP) is 2.36. The van der Waals surface area contributed by atoms with Gasteiger partial charge in [0, 0.05) is 10.6 Å². The summed E-state index contributed by atoms with van der Waals surface area (Å²) < 4.78 is 28.4. The lowest BCUT2D eigenvalue weighted by molar-refractivity contribution is 0.0947. The second-order valence-corrected chi connectivity index (χ2v) is 7.28. The molecule has 1 amide bonds. The number of nitrogens with two attached hydrogens (primary N) is 1. The van der Waals surface area contributed by atoms with E-state index in [0.29, 0.717) is 29.3 Å². The summed E-state index contributed by atoms with van der Waals surface area (Å²) in [4.78, 5) is 12.0. The Hall–Kier alpha value is -2.09. The number of halogens is 1. The van der Waals surface area contributed by atoms with E-state index in [1.165, 1.54) is 12.1 Å². The average Bonchev–Trinajstić information content (AvgIpc) is 2.57. The summed E-state index contributed by atoms with van der Waals surface area (Å²) in [6, 6.07) is 11.1. The normalized spacial score (nSPS) is 11.2. The number of aryl methyl sites for hydroxylation is 1. The quantitative estimate of drug-likeness (QED) is 0.718. The van der Waals surface area contributed by atoms with Crippen molar-refractivity contribution in [2.75, 3.05) is 13.2 Å². The van der Waals surface area contributed by atoms with E-state index in [0.717, 1.165) is 5.56 Å². The first-order valence-corrected chi connectivity index (χ1v) is 9.56. The third kappa shape index (κ3) is 5.45. The Morgan fingerprint density at radius 3 is 2.64 bits per heavy atom. The monoisotopic (exact) mass is 382 g/mol. The number of carbonyl (C=O) groups is 1. The molecular formula is C17H19ClN2O4S. The number of rotatable bonds is 7. The van der Waals surface area contributed by atoms with Crippen molar-refractivity contribution in [2.45, 2.75) is 18.2 Å². The first kappa shape index (κ1) is 19.2. The molecule has 0 atom stereocenters. The second kappa shape index (κ2) is 8.33. The van der Waals surface area contributed by atoms with Crippen molar-refractivity contribution in [3.63, 3.8) is 0 Å². The summed E-state index contributed by atoms with van der Waals surface area (Å²) in [6.07, 6.45) is 0.591. The maximum absolute atomic E-state index is 12.0. The molecule has 3 N–H and O–H groups in total. The van der Waals surface area contributed by atoms with Crippen LogP contribution in [0.1, 0.15) is 22.8 Å². The summed E-state index contributed by atoms with van der Waals surface area (Å²) in [7, 11) is -3.75. The molecular weight excluding hydrogens is 364 g/mol. The summed E-state index contributed by atoms with van der Waals surface area (Å²) >= 11 is 5.85. The van der Waals surface area contributed by atoms with Crippen molar-refractivity contribution < 1.29 is 17.9 Å². The highest BCUT2D eigenvalue weighted by Crippen LogP contribution is 2.22. The minimum absolute atomic E-state index is 0.0472. The fourth-order valence-electron chi connectivity index (χ4n) is 2.21. The van der Waals surface area contributed by atoms with Gasteiger partial charge in [-0.3, -0.25) is 4.79 Å². The molecule has 0 spiro atoms. The third-order valence-electron chi connectivity index (χ3n) is 3.47. The van der Waals surface area contributed by atoms with Gasteiger partial charge in [0.1, 0.15) is 12.4 Å². The molecule has 6 nitrogen and oxygen atoms in total. The second-order valence-electron chi connectivity index (χ2n) is 5.28. The van der Waals surface area contributed by atoms with Crippen molar-refractivity contribution in [1.29, 1.82) is 0 Å². The molecule has 8 heteroatoms. The van der Waals surface area contributed by atoms with E-state index in [-0.39, 0.29) is 17.4 Å². The van der Waals surface area contributed by atoms with Gasteiger partial charge in [-0.05, 0) is 48.4 Å². The van der Waals surface area contributed by atoms with Gasteiger partial charge >= 0.3 is 0 Å². The van der Waals surface area contributed by atoms with Crippen LogP contribution in [0.15, 0.2) is 47.4 Å². The fourth-order valence-corrected chi connectivity index (χ4v) is 2.96. The van der Waals surface area contributed by atoms with E-state index < -0.39 is 10.0 Å². The Bertz CT molecular complexity index is 869. The van der Waals surface area contributed by atoms with Gasteiger partial charge in [0.25, 0.3) is 5.91 Å². The van der Waals surface area contributed by atoms with Gasteiger partial charge in [-0.1, -0.05) is 24.6 Å². The Kier molecular flexibility index (Phi) is 6.41. The van der Waals surface area contributed by atoms with Crippen LogP contribution in [0.2, 0.25) is 5.02 Å². The van der Waals surface area contributed by atoms with E-state index in [4.69, 9.17) is 21.5 Å². The van der Waals surface area contributed by atoms with Gasteiger partial charge in [-0.15, -0.1) is 0 Å². The van der Waals surface area contributed by atoms with Crippen LogP contribution in [0.3, 0.4) is 0 Å². The van der Waals surface area contributed by atoms with E-state index in [1.54, 1.807) is 30.3 Å². The topological polar surface area (TPSA) is 98.5 Å². The molecule has 25 heavy (non-hydrogen) atoms. The number of amides is 1. The highest BCUT2D eigenvalue weighted by atomic mass is 35.5. The molecule has 0 aliphatic rings. The van der Waals surface area contributed by atoms with Crippen LogP contribution in [0, 0.1) is 0 Å². The van der Waals surface area contributed by atoms with Crippen LogP contribution < -0.4 is 15.2 Å². The SMILES string of the molecule is CCc1cc(S(N)(=O)=O)ccc1OCCNC(=O)c1cccc(Cl)c1. The molecule has 0 aliphatic carbocycles. The molecule has 0 unspecified atom stereocenters. The van der Waals surface area contributed by atoms with Crippen LogP contribution in [0.4, 0.5) is 0 Å². The molecule has 0 aromatic heterocycles. The van der Waals surface area contributed by atoms with E-state index in [1.807, 2.05) is 6.92 Å². The van der Waals surface area contributed by atoms with Crippen molar-refractivity contribution in [3.8, 4) is 5.75 Å². The summed E-state index contributed by atoms with van der Waals surface area (Å²) in [5.74, 6) is 0.318. The van der Waals surface area contributed by atoms with Crippen molar-refractivity contribution in [1.82, 2.24) is 5.32 Å². The zero-order valence-electron chi connectivity index (χ0n) is 13.7. The summed E-state index contributed by atoms with van der Waals surface area (Å²) in [5, 5.41) is 8.35. The van der Waals surface area contributed by atoms with Gasteiger partial charge in [-0.2, -0.15) is 0 Å². The molecule has 0 aliphatic heterocycles. The molecule has 0 fully saturated rings. The van der Waals surface area contributed by atoms with Gasteiger partial charge in [0.15, 0.2) is 0 Å². The largest absolute Gasteiger partial charge is 0.491 e. The van der Waals surface area contributed by atoms with E-state index in [9.17, 15) is 13.2 Å². The minimum Gasteiger partial charge on any atom is -0.491 e. The number of carbonyl (C=O) groups excluding carboxylic acids is 1. The minimum atomic E-state index is -3.75. The Morgan fingerprint density at radius 2 is 2.00 bits per heavy atom. The first-order valence-electron chi connectivity index (χ1n) is 7.63. The molecule has 0 heterocycles. The number of benzene rings is 2. The Morgan fingerprint density at radius 1 is 1.24 bits per heavy atom. The molecule has 2 aromatic carbocycles. The number of sulfonamides is 1. The molecule has 0 bridgehead atoms. The van der Waals surface area contributed by atoms with Crippen LogP contribution in [-0.2, 0) is 16.4 Å². The number of hydrogen-bond donors (Lipinski definition) is 2. The van der Waals surface area contributed by atoms with E-state index >= 15 is 0 Å². The Labute approximate surface area is 152 Å². The Balaban J connectivity index is 1.92. The molecule has 0 radical (unpaired) electrons. The summed E-state index contributed by atoms with van der Waals surface area (Å²) in [5.41, 5.74) is 1.20. The molecule has 0 saturated carbocycles. The van der Waals surface area contributed by atoms with Crippen molar-refractivity contribution >= 4 is 27.5 Å². The standard InChI is InChI=1S/C17H19ClN2O4S/c1-2-12-11-15(25(19,22)23)6-7-16(12)24-9-8-20-17(21)13-4-3-5-14(18)10-13/h3-7,10-11H,2,8-9H2,1H3,(H,20,21)(H2,19,22,23). The third-order valence-corrected chi connectivity index (χ3v) is 4.62. The van der Waals surface area contributed by atoms with Gasteiger partial charge in [0.2, 0.25) is 10.0 Å². The number of nitrogens with one attached hydrogen (secondary N) is 1. The lowest BCUT2D eigenvalue weighted by Crippen LogP contribution is -2.28. The lowest BCUT2D eigenvalue weighted by atomic mass is 10.1. The number of hydrogen-bond acceptors (Lipinski definition) is 4. The average molecular weight is 383 g/mol. The van der Waals surface area contributed by atoms with Gasteiger partial charge in [-0.25, -0.2) is 13.6 Å². The fraction of sp³-hybridized carbons (Fsp3) is 0.235. The molecule has 134 valence electrons. The molecule has 2 aromatic rings. The smallest absolute Gasteiger partial charge is 0.251 e. The van der Waals surface area contributed by atoms with Crippen LogP contribution in [0.5, 0.6) is 5.75 Å². The van der Waals surface area contributed by atoms with Crippen molar-refractivity contribution in [3.05, 3.63) is 58.6 Å². The molecule has 0 saturated heterocycles. The zero-order chi connectivity index (χ0) is 18.4. The van der Waals surface area contributed by atoms with Crippen molar-refractivity contribution in [2.24, 2.45) is 5.14 Å². The first-order chi connectivity index (χ1) is 11.8. The maximum atomic E-state index is 12.0. The highest BCUT2D eigenvalue weighted by molar-refractivity contribution is 7.89. The lowest BCUT2D eigenvalue weighted by Gasteiger charge is -2.12. The van der Waals surface area contributed by atoms with Crippen LogP contribution in [-0.4, -0.2) is 27.5 Å². The van der Waals surface area contributed by atoms with Crippen LogP contribution in [0.25, 0.3) is 0 Å². The summed E-state index contributed by atoms with van der Waals surface area (Å²) in [6.45, 7) is 2.43. The highest BCUT2D eigenvalue weighted by Gasteiger charge is 2.12. The number of primary sulfonamides is 1. The predicted molar refractivity (Wildman–Crippen MR) is 96.5 cm³/mol.